The summed E-state index contributed by atoms with van der Waals surface area (Å²) in [6.45, 7) is 3.98. The molecule has 2 nitrogen and oxygen atoms in total. The Kier molecular flexibility index (Phi) is 4.29. The molecule has 0 aliphatic carbocycles. The van der Waals surface area contributed by atoms with Gasteiger partial charge in [0.1, 0.15) is 13.0 Å². The topological polar surface area (TPSA) is 29.4 Å². The molecule has 0 aliphatic heterocycles. The van der Waals surface area contributed by atoms with Crippen LogP contribution in [0, 0.1) is 11.8 Å². The fourth-order valence-electron chi connectivity index (χ4n) is 1.93. The lowest BCUT2D eigenvalue weighted by Gasteiger charge is -1.99. The van der Waals surface area contributed by atoms with E-state index in [1.54, 1.807) is 12.1 Å². The molecule has 2 aromatic carbocycles. The van der Waals surface area contributed by atoms with Crippen molar-refractivity contribution in [3.8, 4) is 0 Å². The number of hydrogen-bond donors (Lipinski definition) is 0. The highest BCUT2D eigenvalue weighted by molar-refractivity contribution is 6.51. The smallest absolute Gasteiger partial charge is 0.145 e. The van der Waals surface area contributed by atoms with E-state index in [1.807, 2.05) is 32.0 Å². The average molecular weight is 248 g/mol. The van der Waals surface area contributed by atoms with Gasteiger partial charge in [0, 0.05) is 0 Å². The number of nitroso groups, excluding NO2 is 1. The maximum absolute atomic E-state index is 10.6. The van der Waals surface area contributed by atoms with Crippen LogP contribution >= 0.6 is 0 Å². The summed E-state index contributed by atoms with van der Waals surface area (Å²) in [5.74, 6) is 0. The Labute approximate surface area is 114 Å². The van der Waals surface area contributed by atoms with E-state index >= 15 is 0 Å². The Morgan fingerprint density at radius 3 is 2.32 bits per heavy atom. The standard InChI is InChI=1S/C16H15BNO/c1-12-9-14(11-16(10-12)18-19)4-3-13-5-7-15(17-2)8-6-13/h3-11H,1-2H3/b4-3+. The highest BCUT2D eigenvalue weighted by Gasteiger charge is 1.96. The van der Waals surface area contributed by atoms with Crippen molar-refractivity contribution < 1.29 is 0 Å². The van der Waals surface area contributed by atoms with E-state index in [0.29, 0.717) is 5.69 Å². The molecule has 0 saturated heterocycles. The summed E-state index contributed by atoms with van der Waals surface area (Å²) in [6.07, 6.45) is 4.02. The van der Waals surface area contributed by atoms with Gasteiger partial charge in [-0.2, -0.15) is 0 Å². The van der Waals surface area contributed by atoms with Gasteiger partial charge in [-0.1, -0.05) is 54.8 Å². The quantitative estimate of drug-likeness (QED) is 0.457. The van der Waals surface area contributed by atoms with Crippen molar-refractivity contribution in [1.82, 2.24) is 0 Å². The van der Waals surface area contributed by atoms with Crippen LogP contribution in [0.25, 0.3) is 12.2 Å². The lowest BCUT2D eigenvalue weighted by atomic mass is 9.73. The van der Waals surface area contributed by atoms with Gasteiger partial charge in [0.15, 0.2) is 0 Å². The van der Waals surface area contributed by atoms with Gasteiger partial charge in [-0.25, -0.2) is 0 Å². The SMILES string of the molecule is C[B]c1ccc(/C=C/c2cc(C)cc(N=O)c2)cc1. The number of benzene rings is 2. The molecule has 0 amide bonds. The van der Waals surface area contributed by atoms with E-state index in [1.165, 1.54) is 5.46 Å². The van der Waals surface area contributed by atoms with Crippen LogP contribution in [0.1, 0.15) is 16.7 Å². The lowest BCUT2D eigenvalue weighted by Crippen LogP contribution is -2.08. The van der Waals surface area contributed by atoms with Crippen LogP contribution < -0.4 is 5.46 Å². The van der Waals surface area contributed by atoms with E-state index < -0.39 is 0 Å². The molecule has 0 atom stereocenters. The Morgan fingerprint density at radius 1 is 1.00 bits per heavy atom. The van der Waals surface area contributed by atoms with Crippen LogP contribution in [0.5, 0.6) is 0 Å². The maximum Gasteiger partial charge on any atom is 0.148 e. The second-order valence-electron chi connectivity index (χ2n) is 4.48. The second-order valence-corrected chi connectivity index (χ2v) is 4.48. The zero-order valence-electron chi connectivity index (χ0n) is 11.1. The van der Waals surface area contributed by atoms with Gasteiger partial charge in [0.25, 0.3) is 0 Å². The molecule has 2 rings (SSSR count). The van der Waals surface area contributed by atoms with Gasteiger partial charge in [-0.15, -0.1) is 4.91 Å². The normalized spacial score (nSPS) is 10.6. The molecule has 19 heavy (non-hydrogen) atoms. The summed E-state index contributed by atoms with van der Waals surface area (Å²) < 4.78 is 0. The number of aryl methyl sites for hydroxylation is 1. The number of nitrogens with zero attached hydrogens (tertiary/aromatic N) is 1. The largest absolute Gasteiger partial charge is 0.148 e. The molecule has 0 bridgehead atoms. The molecule has 1 radical (unpaired) electrons. The van der Waals surface area contributed by atoms with Crippen LogP contribution in [0.2, 0.25) is 6.82 Å². The van der Waals surface area contributed by atoms with E-state index in [0.717, 1.165) is 16.7 Å². The van der Waals surface area contributed by atoms with Gasteiger partial charge < -0.3 is 0 Å². The zero-order valence-corrected chi connectivity index (χ0v) is 11.1. The molecule has 0 aliphatic rings. The van der Waals surface area contributed by atoms with Crippen molar-refractivity contribution in [2.75, 3.05) is 0 Å². The summed E-state index contributed by atoms with van der Waals surface area (Å²) in [4.78, 5) is 10.6. The molecule has 0 spiro atoms. The first-order chi connectivity index (χ1) is 9.21. The molecule has 0 unspecified atom stereocenters. The van der Waals surface area contributed by atoms with Crippen LogP contribution in [0.15, 0.2) is 47.6 Å². The third-order valence-corrected chi connectivity index (χ3v) is 2.93. The Hall–Kier alpha value is -2.16. The first-order valence-corrected chi connectivity index (χ1v) is 6.24. The number of rotatable bonds is 4. The average Bonchev–Trinajstić information content (AvgIpc) is 2.45. The molecule has 0 saturated carbocycles. The lowest BCUT2D eigenvalue weighted by molar-refractivity contribution is 1.40. The number of hydrogen-bond acceptors (Lipinski definition) is 2. The molecule has 3 heteroatoms. The molecule has 0 aromatic heterocycles. The molecule has 2 aromatic rings. The minimum atomic E-state index is 0.468. The predicted octanol–water partition coefficient (Wildman–Crippen LogP) is 3.94. The molecule has 93 valence electrons. The van der Waals surface area contributed by atoms with Crippen molar-refractivity contribution in [3.05, 3.63) is 64.1 Å². The molecule has 0 fully saturated rings. The molecule has 0 N–H and O–H groups in total. The third kappa shape index (κ3) is 3.65. The highest BCUT2D eigenvalue weighted by atomic mass is 16.3. The van der Waals surface area contributed by atoms with Gasteiger partial charge in [0.2, 0.25) is 0 Å². The van der Waals surface area contributed by atoms with Crippen molar-refractivity contribution in [3.63, 3.8) is 0 Å². The Morgan fingerprint density at radius 2 is 1.68 bits per heavy atom. The second kappa shape index (κ2) is 6.14. The maximum atomic E-state index is 10.6. The van der Waals surface area contributed by atoms with Gasteiger partial charge >= 0.3 is 0 Å². The van der Waals surface area contributed by atoms with E-state index in [2.05, 4.69) is 36.7 Å². The first kappa shape index (κ1) is 13.3. The Bertz CT molecular complexity index is 603. The van der Waals surface area contributed by atoms with Gasteiger partial charge in [0.05, 0.1) is 0 Å². The van der Waals surface area contributed by atoms with E-state index in [4.69, 9.17) is 0 Å². The molecule has 0 heterocycles. The third-order valence-electron chi connectivity index (χ3n) is 2.93. The van der Waals surface area contributed by atoms with Gasteiger partial charge in [-0.05, 0) is 40.9 Å². The van der Waals surface area contributed by atoms with Crippen molar-refractivity contribution >= 4 is 30.6 Å². The van der Waals surface area contributed by atoms with E-state index in [9.17, 15) is 4.91 Å². The van der Waals surface area contributed by atoms with Crippen molar-refractivity contribution in [1.29, 1.82) is 0 Å². The summed E-state index contributed by atoms with van der Waals surface area (Å²) in [6, 6.07) is 13.9. The van der Waals surface area contributed by atoms with Crippen LogP contribution in [0.3, 0.4) is 0 Å². The fourth-order valence-corrected chi connectivity index (χ4v) is 1.93. The van der Waals surface area contributed by atoms with Crippen molar-refractivity contribution in [2.24, 2.45) is 5.18 Å². The Balaban J connectivity index is 2.21. The molecular weight excluding hydrogens is 233 g/mol. The van der Waals surface area contributed by atoms with Crippen LogP contribution in [-0.2, 0) is 0 Å². The predicted molar refractivity (Wildman–Crippen MR) is 83.3 cm³/mol. The summed E-state index contributed by atoms with van der Waals surface area (Å²) >= 11 is 0. The van der Waals surface area contributed by atoms with E-state index in [-0.39, 0.29) is 0 Å². The van der Waals surface area contributed by atoms with Crippen LogP contribution in [-0.4, -0.2) is 7.28 Å². The first-order valence-electron chi connectivity index (χ1n) is 6.24. The summed E-state index contributed by atoms with van der Waals surface area (Å²) in [5.41, 5.74) is 4.83. The minimum absolute atomic E-state index is 0.468. The van der Waals surface area contributed by atoms with Gasteiger partial charge in [-0.3, -0.25) is 0 Å². The van der Waals surface area contributed by atoms with Crippen LogP contribution in [0.4, 0.5) is 5.69 Å². The minimum Gasteiger partial charge on any atom is -0.145 e. The monoisotopic (exact) mass is 248 g/mol. The molecular formula is C16H15BNO. The fraction of sp³-hybridized carbons (Fsp3) is 0.125. The summed E-state index contributed by atoms with van der Waals surface area (Å²) in [5, 5.41) is 2.98. The zero-order chi connectivity index (χ0) is 13.7. The van der Waals surface area contributed by atoms with Crippen molar-refractivity contribution in [2.45, 2.75) is 13.7 Å². The summed E-state index contributed by atoms with van der Waals surface area (Å²) in [7, 11) is 2.07. The highest BCUT2D eigenvalue weighted by Crippen LogP contribution is 2.18.